The number of carbonyl (C=O) groups excluding carboxylic acids is 1. The van der Waals surface area contributed by atoms with Crippen LogP contribution in [0.5, 0.6) is 5.75 Å². The Labute approximate surface area is 126 Å². The molecule has 7 heteroatoms. The van der Waals surface area contributed by atoms with Gasteiger partial charge in [-0.15, -0.1) is 0 Å². The first-order valence-corrected chi connectivity index (χ1v) is 7.22. The molecule has 0 spiro atoms. The molecule has 1 fully saturated rings. The van der Waals surface area contributed by atoms with Crippen molar-refractivity contribution in [3.8, 4) is 17.2 Å². The first-order valence-electron chi connectivity index (χ1n) is 7.22. The number of aromatic hydroxyl groups is 1. The summed E-state index contributed by atoms with van der Waals surface area (Å²) in [4.78, 5) is 15.9. The van der Waals surface area contributed by atoms with Crippen LogP contribution in [0, 0.1) is 5.82 Å². The molecule has 0 radical (unpaired) electrons. The van der Waals surface area contributed by atoms with Crippen LogP contribution in [0.1, 0.15) is 31.5 Å². The van der Waals surface area contributed by atoms with E-state index in [4.69, 9.17) is 4.52 Å². The molecule has 0 saturated heterocycles. The number of phenolic OH excluding ortho intramolecular Hbond substituents is 1. The molecule has 2 aromatic rings. The lowest BCUT2D eigenvalue weighted by Crippen LogP contribution is -2.33. The van der Waals surface area contributed by atoms with E-state index in [1.807, 2.05) is 0 Å². The fourth-order valence-corrected chi connectivity index (χ4v) is 2.61. The highest BCUT2D eigenvalue weighted by Crippen LogP contribution is 2.24. The van der Waals surface area contributed by atoms with Crippen molar-refractivity contribution in [1.82, 2.24) is 15.5 Å². The van der Waals surface area contributed by atoms with E-state index in [1.165, 1.54) is 12.1 Å². The van der Waals surface area contributed by atoms with Gasteiger partial charge in [0, 0.05) is 12.1 Å². The van der Waals surface area contributed by atoms with Crippen LogP contribution in [-0.2, 0) is 11.2 Å². The Bertz CT molecular complexity index is 680. The van der Waals surface area contributed by atoms with Gasteiger partial charge in [-0.1, -0.05) is 18.0 Å². The Balaban J connectivity index is 1.66. The maximum atomic E-state index is 13.7. The number of benzene rings is 1. The number of amides is 1. The number of nitrogens with one attached hydrogen (secondary N) is 1. The summed E-state index contributed by atoms with van der Waals surface area (Å²) in [6.07, 6.45) is 4.28. The second kappa shape index (κ2) is 6.13. The van der Waals surface area contributed by atoms with E-state index >= 15 is 0 Å². The normalized spacial score (nSPS) is 15.1. The van der Waals surface area contributed by atoms with E-state index in [9.17, 15) is 14.3 Å². The predicted octanol–water partition coefficient (Wildman–Crippen LogP) is 2.18. The van der Waals surface area contributed by atoms with Gasteiger partial charge in [0.15, 0.2) is 5.82 Å². The molecule has 1 saturated carbocycles. The van der Waals surface area contributed by atoms with Crippen LogP contribution in [0.2, 0.25) is 0 Å². The molecule has 1 heterocycles. The Hall–Kier alpha value is -2.44. The van der Waals surface area contributed by atoms with Gasteiger partial charge in [-0.3, -0.25) is 4.79 Å². The highest BCUT2D eigenvalue weighted by atomic mass is 19.1. The second-order valence-corrected chi connectivity index (χ2v) is 5.41. The molecule has 0 aliphatic heterocycles. The predicted molar refractivity (Wildman–Crippen MR) is 75.5 cm³/mol. The van der Waals surface area contributed by atoms with Crippen molar-refractivity contribution >= 4 is 5.91 Å². The second-order valence-electron chi connectivity index (χ2n) is 5.41. The molecule has 1 aliphatic carbocycles. The largest absolute Gasteiger partial charge is 0.508 e. The van der Waals surface area contributed by atoms with Crippen LogP contribution in [0.4, 0.5) is 4.39 Å². The highest BCUT2D eigenvalue weighted by Gasteiger charge is 2.19. The Morgan fingerprint density at radius 2 is 2.18 bits per heavy atom. The minimum absolute atomic E-state index is 0.000295. The van der Waals surface area contributed by atoms with Gasteiger partial charge in [0.2, 0.25) is 5.91 Å². The molecular weight excluding hydrogens is 289 g/mol. The number of hydrogen-bond acceptors (Lipinski definition) is 5. The zero-order valence-electron chi connectivity index (χ0n) is 11.9. The summed E-state index contributed by atoms with van der Waals surface area (Å²) in [5.74, 6) is -0.813. The SMILES string of the molecule is O=C(Cc1noc(-c2ccc(O)cc2F)n1)NC1CCCC1. The summed E-state index contributed by atoms with van der Waals surface area (Å²) in [6, 6.07) is 3.87. The molecule has 1 aliphatic rings. The molecule has 2 N–H and O–H groups in total. The summed E-state index contributed by atoms with van der Waals surface area (Å²) in [6.45, 7) is 0. The summed E-state index contributed by atoms with van der Waals surface area (Å²) in [5.41, 5.74) is 0.0905. The van der Waals surface area contributed by atoms with E-state index in [0.29, 0.717) is 0 Å². The first kappa shape index (κ1) is 14.5. The van der Waals surface area contributed by atoms with E-state index in [2.05, 4.69) is 15.5 Å². The summed E-state index contributed by atoms with van der Waals surface area (Å²) in [5, 5.41) is 15.8. The first-order chi connectivity index (χ1) is 10.6. The number of carbonyl (C=O) groups is 1. The average Bonchev–Trinajstić information content (AvgIpc) is 3.10. The third-order valence-corrected chi connectivity index (χ3v) is 3.69. The number of rotatable bonds is 4. The van der Waals surface area contributed by atoms with Crippen molar-refractivity contribution in [3.63, 3.8) is 0 Å². The molecule has 3 rings (SSSR count). The van der Waals surface area contributed by atoms with Gasteiger partial charge in [-0.05, 0) is 25.0 Å². The average molecular weight is 305 g/mol. The molecule has 1 amide bonds. The third kappa shape index (κ3) is 3.24. The van der Waals surface area contributed by atoms with Crippen molar-refractivity contribution < 1.29 is 18.8 Å². The lowest BCUT2D eigenvalue weighted by molar-refractivity contribution is -0.121. The summed E-state index contributed by atoms with van der Waals surface area (Å²) >= 11 is 0. The smallest absolute Gasteiger partial charge is 0.260 e. The number of aromatic nitrogens is 2. The zero-order valence-corrected chi connectivity index (χ0v) is 11.9. The van der Waals surface area contributed by atoms with Crippen LogP contribution in [0.15, 0.2) is 22.7 Å². The van der Waals surface area contributed by atoms with Gasteiger partial charge < -0.3 is 14.9 Å². The standard InChI is InChI=1S/C15H16FN3O3/c16-12-7-10(20)5-6-11(12)15-18-13(19-22-15)8-14(21)17-9-3-1-2-4-9/h5-7,9,20H,1-4,8H2,(H,17,21). The van der Waals surface area contributed by atoms with Crippen molar-refractivity contribution in [2.24, 2.45) is 0 Å². The molecule has 6 nitrogen and oxygen atoms in total. The Kier molecular flexibility index (Phi) is 4.04. The van der Waals surface area contributed by atoms with E-state index in [-0.39, 0.29) is 41.4 Å². The Morgan fingerprint density at radius 1 is 1.41 bits per heavy atom. The van der Waals surface area contributed by atoms with Crippen molar-refractivity contribution in [1.29, 1.82) is 0 Å². The van der Waals surface area contributed by atoms with Crippen molar-refractivity contribution in [3.05, 3.63) is 29.8 Å². The van der Waals surface area contributed by atoms with Gasteiger partial charge in [0.05, 0.1) is 12.0 Å². The van der Waals surface area contributed by atoms with Gasteiger partial charge >= 0.3 is 0 Å². The molecule has 0 unspecified atom stereocenters. The number of hydrogen-bond donors (Lipinski definition) is 2. The monoisotopic (exact) mass is 305 g/mol. The van der Waals surface area contributed by atoms with Crippen molar-refractivity contribution in [2.75, 3.05) is 0 Å². The maximum Gasteiger partial charge on any atom is 0.260 e. The zero-order chi connectivity index (χ0) is 15.5. The molecule has 116 valence electrons. The minimum Gasteiger partial charge on any atom is -0.508 e. The lowest BCUT2D eigenvalue weighted by Gasteiger charge is -2.10. The summed E-state index contributed by atoms with van der Waals surface area (Å²) in [7, 11) is 0. The van der Waals surface area contributed by atoms with E-state index in [0.717, 1.165) is 31.7 Å². The fourth-order valence-electron chi connectivity index (χ4n) is 2.61. The number of phenols is 1. The Morgan fingerprint density at radius 3 is 2.91 bits per heavy atom. The van der Waals surface area contributed by atoms with Crippen LogP contribution >= 0.6 is 0 Å². The minimum atomic E-state index is -0.661. The van der Waals surface area contributed by atoms with Gasteiger partial charge in [0.25, 0.3) is 5.89 Å². The topological polar surface area (TPSA) is 88.2 Å². The van der Waals surface area contributed by atoms with E-state index < -0.39 is 5.82 Å². The van der Waals surface area contributed by atoms with Crippen LogP contribution in [0.3, 0.4) is 0 Å². The van der Waals surface area contributed by atoms with Gasteiger partial charge in [-0.25, -0.2) is 4.39 Å². The highest BCUT2D eigenvalue weighted by molar-refractivity contribution is 5.78. The molecule has 0 atom stereocenters. The van der Waals surface area contributed by atoms with Gasteiger partial charge in [-0.2, -0.15) is 4.98 Å². The third-order valence-electron chi connectivity index (χ3n) is 3.69. The molecule has 22 heavy (non-hydrogen) atoms. The van der Waals surface area contributed by atoms with Crippen LogP contribution < -0.4 is 5.32 Å². The molecule has 0 bridgehead atoms. The lowest BCUT2D eigenvalue weighted by atomic mass is 10.2. The number of nitrogens with zero attached hydrogens (tertiary/aromatic N) is 2. The summed E-state index contributed by atoms with van der Waals surface area (Å²) < 4.78 is 18.7. The quantitative estimate of drug-likeness (QED) is 0.904. The van der Waals surface area contributed by atoms with Crippen LogP contribution in [-0.4, -0.2) is 27.2 Å². The fraction of sp³-hybridized carbons (Fsp3) is 0.400. The van der Waals surface area contributed by atoms with E-state index in [1.54, 1.807) is 0 Å². The van der Waals surface area contributed by atoms with Crippen molar-refractivity contribution in [2.45, 2.75) is 38.1 Å². The maximum absolute atomic E-state index is 13.7. The van der Waals surface area contributed by atoms with Crippen LogP contribution in [0.25, 0.3) is 11.5 Å². The molecular formula is C15H16FN3O3. The number of halogens is 1. The molecule has 1 aromatic heterocycles. The van der Waals surface area contributed by atoms with Gasteiger partial charge in [0.1, 0.15) is 11.6 Å². The molecule has 1 aromatic carbocycles.